The van der Waals surface area contributed by atoms with Crippen molar-refractivity contribution >= 4 is 34.5 Å². The molecule has 0 radical (unpaired) electrons. The van der Waals surface area contributed by atoms with Gasteiger partial charge in [-0.25, -0.2) is 4.98 Å². The predicted octanol–water partition coefficient (Wildman–Crippen LogP) is 4.66. The molecule has 8 heteroatoms. The van der Waals surface area contributed by atoms with Crippen LogP contribution in [0.5, 0.6) is 17.2 Å². The second kappa shape index (κ2) is 8.19. The molecule has 158 valence electrons. The van der Waals surface area contributed by atoms with E-state index in [2.05, 4.69) is 4.98 Å². The van der Waals surface area contributed by atoms with Gasteiger partial charge in [0.05, 0.1) is 16.2 Å². The molecule has 8 nitrogen and oxygen atoms in total. The predicted molar refractivity (Wildman–Crippen MR) is 119 cm³/mol. The van der Waals surface area contributed by atoms with Crippen molar-refractivity contribution in [2.75, 3.05) is 0 Å². The Kier molecular flexibility index (Phi) is 5.26. The quantitative estimate of drug-likeness (QED) is 0.182. The monoisotopic (exact) mass is 428 g/mol. The second-order valence-electron chi connectivity index (χ2n) is 6.98. The van der Waals surface area contributed by atoms with Gasteiger partial charge in [-0.15, -0.1) is 0 Å². The molecule has 0 spiro atoms. The van der Waals surface area contributed by atoms with Crippen LogP contribution in [0.1, 0.15) is 27.2 Å². The summed E-state index contributed by atoms with van der Waals surface area (Å²) in [7, 11) is 0. The summed E-state index contributed by atoms with van der Waals surface area (Å²) in [5.74, 6) is -1.24. The Labute approximate surface area is 181 Å². The number of phenolic OH excluding ortho intramolecular Hbond substituents is 3. The van der Waals surface area contributed by atoms with Crippen LogP contribution in [-0.4, -0.2) is 31.0 Å². The third-order valence-corrected chi connectivity index (χ3v) is 4.89. The van der Waals surface area contributed by atoms with E-state index in [0.29, 0.717) is 16.6 Å². The number of carbonyl (C=O) groups excluding carboxylic acids is 1. The fourth-order valence-electron chi connectivity index (χ4n) is 3.18. The number of carbonyl (C=O) groups is 1. The summed E-state index contributed by atoms with van der Waals surface area (Å²) in [6.45, 7) is 0. The number of nitro groups is 1. The first-order valence-electron chi connectivity index (χ1n) is 9.45. The minimum absolute atomic E-state index is 0.0310. The number of benzene rings is 3. The van der Waals surface area contributed by atoms with Crippen molar-refractivity contribution in [2.24, 2.45) is 0 Å². The Hall–Kier alpha value is -4.72. The lowest BCUT2D eigenvalue weighted by Crippen LogP contribution is -2.02. The van der Waals surface area contributed by atoms with Gasteiger partial charge in [0.15, 0.2) is 23.0 Å². The number of phenols is 3. The van der Waals surface area contributed by atoms with E-state index in [1.54, 1.807) is 36.4 Å². The van der Waals surface area contributed by atoms with Crippen LogP contribution in [0.3, 0.4) is 0 Å². The maximum absolute atomic E-state index is 12.8. The number of fused-ring (bicyclic) bond motifs is 1. The van der Waals surface area contributed by atoms with Crippen LogP contribution < -0.4 is 0 Å². The van der Waals surface area contributed by atoms with Gasteiger partial charge in [0.2, 0.25) is 0 Å². The molecule has 0 bridgehead atoms. The molecule has 0 unspecified atom stereocenters. The molecule has 1 aromatic heterocycles. The van der Waals surface area contributed by atoms with Crippen LogP contribution in [0.2, 0.25) is 0 Å². The van der Waals surface area contributed by atoms with E-state index >= 15 is 0 Å². The number of non-ortho nitro benzene ring substituents is 1. The molecule has 4 rings (SSSR count). The molecule has 0 aliphatic heterocycles. The Morgan fingerprint density at radius 1 is 0.875 bits per heavy atom. The zero-order valence-electron chi connectivity index (χ0n) is 16.5. The lowest BCUT2D eigenvalue weighted by Gasteiger charge is -2.08. The fourth-order valence-corrected chi connectivity index (χ4v) is 3.18. The maximum atomic E-state index is 12.8. The van der Waals surface area contributed by atoms with Gasteiger partial charge in [-0.05, 0) is 48.0 Å². The summed E-state index contributed by atoms with van der Waals surface area (Å²) in [6, 6.07) is 16.1. The number of aromatic nitrogens is 1. The largest absolute Gasteiger partial charge is 0.505 e. The van der Waals surface area contributed by atoms with Crippen molar-refractivity contribution < 1.29 is 25.0 Å². The molecule has 0 aliphatic rings. The van der Waals surface area contributed by atoms with Gasteiger partial charge < -0.3 is 15.3 Å². The first-order valence-corrected chi connectivity index (χ1v) is 9.45. The van der Waals surface area contributed by atoms with E-state index in [4.69, 9.17) is 0 Å². The van der Waals surface area contributed by atoms with Crippen molar-refractivity contribution in [1.29, 1.82) is 0 Å². The van der Waals surface area contributed by atoms with Crippen molar-refractivity contribution in [3.63, 3.8) is 0 Å². The highest BCUT2D eigenvalue weighted by atomic mass is 16.6. The second-order valence-corrected chi connectivity index (χ2v) is 6.98. The van der Waals surface area contributed by atoms with E-state index in [0.717, 1.165) is 0 Å². The zero-order chi connectivity index (χ0) is 22.8. The molecule has 0 fully saturated rings. The molecule has 0 saturated carbocycles. The average Bonchev–Trinajstić information content (AvgIpc) is 2.80. The zero-order valence-corrected chi connectivity index (χ0v) is 16.5. The summed E-state index contributed by atoms with van der Waals surface area (Å²) in [5, 5.41) is 41.1. The number of ketones is 1. The third kappa shape index (κ3) is 3.97. The highest BCUT2D eigenvalue weighted by Crippen LogP contribution is 2.30. The molecule has 0 amide bonds. The van der Waals surface area contributed by atoms with E-state index in [-0.39, 0.29) is 39.6 Å². The minimum atomic E-state index is -0.555. The highest BCUT2D eigenvalue weighted by Gasteiger charge is 2.18. The first kappa shape index (κ1) is 20.5. The molecule has 4 aromatic rings. The van der Waals surface area contributed by atoms with Gasteiger partial charge in [0.1, 0.15) is 5.52 Å². The fraction of sp³-hybridized carbons (Fsp3) is 0. The van der Waals surface area contributed by atoms with E-state index in [1.807, 2.05) is 0 Å². The molecular formula is C24H16N2O6. The van der Waals surface area contributed by atoms with Gasteiger partial charge in [0.25, 0.3) is 5.69 Å². The summed E-state index contributed by atoms with van der Waals surface area (Å²) >= 11 is 0. The van der Waals surface area contributed by atoms with Crippen LogP contribution in [-0.2, 0) is 0 Å². The van der Waals surface area contributed by atoms with E-state index in [1.165, 1.54) is 42.5 Å². The SMILES string of the molecule is O=C(c1ccc([N+](=O)[O-])cc1)c1ccc2ccc(/C=C/c3ccc(O)c(O)c3)nc2c1O. The number of hydrogen-bond acceptors (Lipinski definition) is 7. The Bertz CT molecular complexity index is 1390. The minimum Gasteiger partial charge on any atom is -0.505 e. The first-order chi connectivity index (χ1) is 15.3. The smallest absolute Gasteiger partial charge is 0.269 e. The Balaban J connectivity index is 1.68. The van der Waals surface area contributed by atoms with Crippen LogP contribution in [0, 0.1) is 10.1 Å². The Morgan fingerprint density at radius 2 is 1.59 bits per heavy atom. The third-order valence-electron chi connectivity index (χ3n) is 4.89. The van der Waals surface area contributed by atoms with Gasteiger partial charge in [-0.2, -0.15) is 0 Å². The van der Waals surface area contributed by atoms with Gasteiger partial charge in [-0.1, -0.05) is 24.3 Å². The lowest BCUT2D eigenvalue weighted by molar-refractivity contribution is -0.384. The molecule has 3 N–H and O–H groups in total. The topological polar surface area (TPSA) is 134 Å². The van der Waals surface area contributed by atoms with Crippen molar-refractivity contribution in [3.05, 3.63) is 99.2 Å². The van der Waals surface area contributed by atoms with Crippen molar-refractivity contribution in [2.45, 2.75) is 0 Å². The summed E-state index contributed by atoms with van der Waals surface area (Å²) in [6.07, 6.45) is 3.34. The van der Waals surface area contributed by atoms with Gasteiger partial charge >= 0.3 is 0 Å². The summed E-state index contributed by atoms with van der Waals surface area (Å²) in [4.78, 5) is 27.5. The normalized spacial score (nSPS) is 11.1. The Morgan fingerprint density at radius 3 is 2.28 bits per heavy atom. The number of nitro benzene ring substituents is 1. The molecule has 1 heterocycles. The van der Waals surface area contributed by atoms with E-state index in [9.17, 15) is 30.2 Å². The number of aromatic hydroxyl groups is 3. The number of nitrogens with zero attached hydrogens (tertiary/aromatic N) is 2. The molecule has 0 aliphatic carbocycles. The molecule has 0 saturated heterocycles. The lowest BCUT2D eigenvalue weighted by atomic mass is 10.00. The molecular weight excluding hydrogens is 412 g/mol. The number of pyridine rings is 1. The van der Waals surface area contributed by atoms with Gasteiger partial charge in [-0.3, -0.25) is 14.9 Å². The molecule has 0 atom stereocenters. The van der Waals surface area contributed by atoms with E-state index < -0.39 is 10.7 Å². The summed E-state index contributed by atoms with van der Waals surface area (Å²) in [5.41, 5.74) is 1.46. The van der Waals surface area contributed by atoms with Crippen LogP contribution >= 0.6 is 0 Å². The van der Waals surface area contributed by atoms with Crippen molar-refractivity contribution in [3.8, 4) is 17.2 Å². The van der Waals surface area contributed by atoms with Gasteiger partial charge in [0, 0.05) is 23.1 Å². The standard InChI is InChI=1S/C24H16N2O6/c27-20-12-2-14(13-21(20)28)1-7-17-8-3-15-6-11-19(24(30)22(15)25-17)23(29)16-4-9-18(10-5-16)26(31)32/h1-13,27-28,30H/b7-1+. The molecule has 3 aromatic carbocycles. The van der Waals surface area contributed by atoms with Crippen molar-refractivity contribution in [1.82, 2.24) is 4.98 Å². The average molecular weight is 428 g/mol. The number of hydrogen-bond donors (Lipinski definition) is 3. The van der Waals surface area contributed by atoms with Crippen LogP contribution in [0.25, 0.3) is 23.1 Å². The van der Waals surface area contributed by atoms with Crippen LogP contribution in [0.4, 0.5) is 5.69 Å². The number of rotatable bonds is 5. The summed E-state index contributed by atoms with van der Waals surface area (Å²) < 4.78 is 0. The van der Waals surface area contributed by atoms with Crippen LogP contribution in [0.15, 0.2) is 66.7 Å². The highest BCUT2D eigenvalue weighted by molar-refractivity contribution is 6.13. The maximum Gasteiger partial charge on any atom is 0.269 e. The molecule has 32 heavy (non-hydrogen) atoms.